The molecule has 24 heavy (non-hydrogen) atoms. The van der Waals surface area contributed by atoms with E-state index in [4.69, 9.17) is 9.47 Å². The maximum atomic E-state index is 12.2. The highest BCUT2D eigenvalue weighted by Crippen LogP contribution is 2.21. The SMILES string of the molecule is CCNC(=NCc1ccc(C)cc1OCCOC)NCCCF.I. The van der Waals surface area contributed by atoms with E-state index in [-0.39, 0.29) is 30.7 Å². The molecule has 0 heterocycles. The maximum absolute atomic E-state index is 12.2. The molecule has 0 radical (unpaired) electrons. The third-order valence-corrected chi connectivity index (χ3v) is 3.12. The van der Waals surface area contributed by atoms with Gasteiger partial charge in [0.05, 0.1) is 19.8 Å². The van der Waals surface area contributed by atoms with Crippen LogP contribution in [0.1, 0.15) is 24.5 Å². The fourth-order valence-corrected chi connectivity index (χ4v) is 1.94. The van der Waals surface area contributed by atoms with Gasteiger partial charge in [-0.15, -0.1) is 24.0 Å². The van der Waals surface area contributed by atoms with Crippen molar-refractivity contribution in [3.8, 4) is 5.75 Å². The van der Waals surface area contributed by atoms with E-state index in [1.807, 2.05) is 32.0 Å². The van der Waals surface area contributed by atoms with Crippen LogP contribution < -0.4 is 15.4 Å². The van der Waals surface area contributed by atoms with Gasteiger partial charge in [0, 0.05) is 25.8 Å². The standard InChI is InChI=1S/C17H28FN3O2.HI/c1-4-19-17(20-9-5-8-18)21-13-15-7-6-14(2)12-16(15)23-11-10-22-3;/h6-7,12H,4-5,8-11,13H2,1-3H3,(H2,19,20,21);1H. The van der Waals surface area contributed by atoms with Crippen LogP contribution in [0.15, 0.2) is 23.2 Å². The van der Waals surface area contributed by atoms with Crippen LogP contribution in [0.5, 0.6) is 5.75 Å². The molecule has 1 rings (SSSR count). The zero-order valence-corrected chi connectivity index (χ0v) is 17.1. The molecule has 0 saturated carbocycles. The van der Waals surface area contributed by atoms with Crippen molar-refractivity contribution in [2.75, 3.05) is 40.1 Å². The molecule has 0 spiro atoms. The first kappa shape index (κ1) is 22.9. The summed E-state index contributed by atoms with van der Waals surface area (Å²) in [6.07, 6.45) is 0.473. The Morgan fingerprint density at radius 3 is 2.71 bits per heavy atom. The van der Waals surface area contributed by atoms with Gasteiger partial charge >= 0.3 is 0 Å². The first-order valence-corrected chi connectivity index (χ1v) is 8.00. The minimum atomic E-state index is -0.331. The van der Waals surface area contributed by atoms with Gasteiger partial charge in [0.15, 0.2) is 5.96 Å². The van der Waals surface area contributed by atoms with Crippen molar-refractivity contribution in [2.24, 2.45) is 4.99 Å². The van der Waals surface area contributed by atoms with Crippen molar-refractivity contribution in [1.29, 1.82) is 0 Å². The second-order valence-electron chi connectivity index (χ2n) is 5.12. The molecule has 0 amide bonds. The molecule has 0 aliphatic heterocycles. The summed E-state index contributed by atoms with van der Waals surface area (Å²) in [7, 11) is 1.65. The Hall–Kier alpha value is -1.09. The van der Waals surface area contributed by atoms with Crippen LogP contribution in [0.3, 0.4) is 0 Å². The summed E-state index contributed by atoms with van der Waals surface area (Å²) in [4.78, 5) is 4.53. The topological polar surface area (TPSA) is 54.9 Å². The minimum Gasteiger partial charge on any atom is -0.491 e. The van der Waals surface area contributed by atoms with E-state index in [9.17, 15) is 4.39 Å². The molecule has 5 nitrogen and oxygen atoms in total. The van der Waals surface area contributed by atoms with E-state index < -0.39 is 0 Å². The van der Waals surface area contributed by atoms with E-state index in [0.29, 0.717) is 38.7 Å². The minimum absolute atomic E-state index is 0. The number of rotatable bonds is 10. The predicted molar refractivity (Wildman–Crippen MR) is 107 cm³/mol. The lowest BCUT2D eigenvalue weighted by Crippen LogP contribution is -2.37. The molecule has 0 saturated heterocycles. The van der Waals surface area contributed by atoms with Gasteiger partial charge in [-0.2, -0.15) is 0 Å². The van der Waals surface area contributed by atoms with Gasteiger partial charge in [-0.3, -0.25) is 4.39 Å². The second kappa shape index (κ2) is 14.3. The van der Waals surface area contributed by atoms with Crippen molar-refractivity contribution in [2.45, 2.75) is 26.8 Å². The number of methoxy groups -OCH3 is 1. The lowest BCUT2D eigenvalue weighted by Gasteiger charge is -2.13. The van der Waals surface area contributed by atoms with Crippen molar-refractivity contribution < 1.29 is 13.9 Å². The van der Waals surface area contributed by atoms with E-state index >= 15 is 0 Å². The molecular weight excluding hydrogens is 424 g/mol. The summed E-state index contributed by atoms with van der Waals surface area (Å²) < 4.78 is 23.0. The number of hydrogen-bond acceptors (Lipinski definition) is 3. The van der Waals surface area contributed by atoms with Gasteiger partial charge < -0.3 is 20.1 Å². The number of nitrogens with zero attached hydrogens (tertiary/aromatic N) is 1. The third-order valence-electron chi connectivity index (χ3n) is 3.12. The molecule has 138 valence electrons. The summed E-state index contributed by atoms with van der Waals surface area (Å²) in [6, 6.07) is 6.06. The smallest absolute Gasteiger partial charge is 0.191 e. The first-order valence-electron chi connectivity index (χ1n) is 8.00. The van der Waals surface area contributed by atoms with Crippen LogP contribution in [0.25, 0.3) is 0 Å². The summed E-state index contributed by atoms with van der Waals surface area (Å²) in [6.45, 7) is 6.56. The Labute approximate surface area is 161 Å². The van der Waals surface area contributed by atoms with Crippen molar-refractivity contribution in [3.63, 3.8) is 0 Å². The molecule has 0 aliphatic carbocycles. The molecule has 2 N–H and O–H groups in total. The highest BCUT2D eigenvalue weighted by Gasteiger charge is 2.05. The van der Waals surface area contributed by atoms with Crippen molar-refractivity contribution in [3.05, 3.63) is 29.3 Å². The number of hydrogen-bond donors (Lipinski definition) is 2. The number of aliphatic imine (C=N–C) groups is 1. The molecule has 0 aromatic heterocycles. The quantitative estimate of drug-likeness (QED) is 0.248. The normalized spacial score (nSPS) is 10.9. The van der Waals surface area contributed by atoms with Crippen LogP contribution in [-0.4, -0.2) is 46.0 Å². The Kier molecular flexibility index (Phi) is 13.6. The molecule has 0 fully saturated rings. The second-order valence-corrected chi connectivity index (χ2v) is 5.12. The Morgan fingerprint density at radius 1 is 1.25 bits per heavy atom. The van der Waals surface area contributed by atoms with Crippen LogP contribution >= 0.6 is 24.0 Å². The number of benzene rings is 1. The molecule has 0 bridgehead atoms. The third kappa shape index (κ3) is 9.27. The molecule has 1 aromatic rings. The summed E-state index contributed by atoms with van der Waals surface area (Å²) in [5.74, 6) is 1.51. The van der Waals surface area contributed by atoms with Crippen molar-refractivity contribution >= 4 is 29.9 Å². The lowest BCUT2D eigenvalue weighted by molar-refractivity contribution is 0.145. The van der Waals surface area contributed by atoms with E-state index in [0.717, 1.165) is 23.4 Å². The van der Waals surface area contributed by atoms with Crippen LogP contribution in [0.4, 0.5) is 4.39 Å². The predicted octanol–water partition coefficient (Wildman–Crippen LogP) is 3.05. The average molecular weight is 453 g/mol. The number of nitrogens with one attached hydrogen (secondary N) is 2. The summed E-state index contributed by atoms with van der Waals surface area (Å²) in [5.41, 5.74) is 2.15. The number of aryl methyl sites for hydroxylation is 1. The molecule has 0 aliphatic rings. The highest BCUT2D eigenvalue weighted by molar-refractivity contribution is 14.0. The fraction of sp³-hybridized carbons (Fsp3) is 0.588. The molecule has 7 heteroatoms. The first-order chi connectivity index (χ1) is 11.2. The van der Waals surface area contributed by atoms with Gasteiger partial charge in [-0.25, -0.2) is 4.99 Å². The summed E-state index contributed by atoms with van der Waals surface area (Å²) >= 11 is 0. The zero-order chi connectivity index (χ0) is 16.9. The van der Waals surface area contributed by atoms with Crippen LogP contribution in [-0.2, 0) is 11.3 Å². The number of guanidine groups is 1. The Morgan fingerprint density at radius 2 is 2.04 bits per heavy atom. The fourth-order valence-electron chi connectivity index (χ4n) is 1.94. The van der Waals surface area contributed by atoms with Gasteiger partial charge in [-0.1, -0.05) is 12.1 Å². The van der Waals surface area contributed by atoms with Gasteiger partial charge in [0.1, 0.15) is 12.4 Å². The summed E-state index contributed by atoms with van der Waals surface area (Å²) in [5, 5.41) is 6.26. The largest absolute Gasteiger partial charge is 0.491 e. The molecular formula is C17H29FIN3O2. The van der Waals surface area contributed by atoms with Gasteiger partial charge in [-0.05, 0) is 31.9 Å². The molecule has 0 unspecified atom stereocenters. The average Bonchev–Trinajstić information content (AvgIpc) is 2.54. The van der Waals surface area contributed by atoms with Gasteiger partial charge in [0.2, 0.25) is 0 Å². The Bertz CT molecular complexity index is 487. The zero-order valence-electron chi connectivity index (χ0n) is 14.7. The molecule has 1 aromatic carbocycles. The number of ether oxygens (including phenoxy) is 2. The van der Waals surface area contributed by atoms with Gasteiger partial charge in [0.25, 0.3) is 0 Å². The van der Waals surface area contributed by atoms with Crippen molar-refractivity contribution in [1.82, 2.24) is 10.6 Å². The van der Waals surface area contributed by atoms with Crippen LogP contribution in [0.2, 0.25) is 0 Å². The van der Waals surface area contributed by atoms with E-state index in [2.05, 4.69) is 15.6 Å². The van der Waals surface area contributed by atoms with E-state index in [1.165, 1.54) is 0 Å². The number of halogens is 2. The lowest BCUT2D eigenvalue weighted by atomic mass is 10.1. The highest BCUT2D eigenvalue weighted by atomic mass is 127. The van der Waals surface area contributed by atoms with Crippen LogP contribution in [0, 0.1) is 6.92 Å². The number of alkyl halides is 1. The van der Waals surface area contributed by atoms with E-state index in [1.54, 1.807) is 7.11 Å². The Balaban J connectivity index is 0.00000529. The monoisotopic (exact) mass is 453 g/mol. The maximum Gasteiger partial charge on any atom is 0.191 e. The molecule has 0 atom stereocenters.